The highest BCUT2D eigenvalue weighted by Gasteiger charge is 2.12. The van der Waals surface area contributed by atoms with Gasteiger partial charge in [-0.2, -0.15) is 0 Å². The maximum atomic E-state index is 14.4. The van der Waals surface area contributed by atoms with Crippen molar-refractivity contribution in [1.29, 1.82) is 0 Å². The minimum atomic E-state index is -0.383. The Morgan fingerprint density at radius 2 is 2.09 bits per heavy atom. The van der Waals surface area contributed by atoms with Crippen LogP contribution < -0.4 is 10.6 Å². The molecule has 1 aromatic heterocycles. The number of anilines is 1. The molecule has 1 fully saturated rings. The molecule has 1 aromatic carbocycles. The van der Waals surface area contributed by atoms with Crippen LogP contribution >= 0.6 is 11.3 Å². The van der Waals surface area contributed by atoms with Gasteiger partial charge < -0.3 is 15.4 Å². The number of rotatable bonds is 11. The summed E-state index contributed by atoms with van der Waals surface area (Å²) in [4.78, 5) is 20.4. The topological polar surface area (TPSA) is 66.5 Å². The quantitative estimate of drug-likeness (QED) is 0.356. The fraction of sp³-hybridized carbons (Fsp3) is 0.370. The summed E-state index contributed by atoms with van der Waals surface area (Å²) in [6, 6.07) is 4.42. The van der Waals surface area contributed by atoms with Crippen LogP contribution in [0.4, 0.5) is 10.1 Å². The van der Waals surface area contributed by atoms with Crippen molar-refractivity contribution < 1.29 is 13.9 Å². The normalized spacial score (nSPS) is 15.6. The summed E-state index contributed by atoms with van der Waals surface area (Å²) in [5.74, 6) is -0.577. The number of hydrogen-bond donors (Lipinski definition) is 2. The van der Waals surface area contributed by atoms with E-state index in [1.807, 2.05) is 30.5 Å². The predicted octanol–water partition coefficient (Wildman–Crippen LogP) is 4.49. The Morgan fingerprint density at radius 1 is 1.20 bits per heavy atom. The van der Waals surface area contributed by atoms with Gasteiger partial charge in [0.15, 0.2) is 0 Å². The second kappa shape index (κ2) is 13.2. The first-order chi connectivity index (χ1) is 17.2. The van der Waals surface area contributed by atoms with E-state index in [-0.39, 0.29) is 11.7 Å². The lowest BCUT2D eigenvalue weighted by molar-refractivity contribution is 0.0374. The molecule has 0 saturated carbocycles. The zero-order chi connectivity index (χ0) is 24.3. The number of nitrogens with zero attached hydrogens (tertiary/aromatic N) is 2. The van der Waals surface area contributed by atoms with Gasteiger partial charge in [0.1, 0.15) is 5.82 Å². The van der Waals surface area contributed by atoms with E-state index < -0.39 is 0 Å². The van der Waals surface area contributed by atoms with E-state index in [9.17, 15) is 9.18 Å². The number of aromatic nitrogens is 1. The van der Waals surface area contributed by atoms with Gasteiger partial charge in [-0.05, 0) is 49.2 Å². The predicted molar refractivity (Wildman–Crippen MR) is 138 cm³/mol. The van der Waals surface area contributed by atoms with Crippen molar-refractivity contribution in [2.24, 2.45) is 0 Å². The second-order valence-electron chi connectivity index (χ2n) is 8.41. The van der Waals surface area contributed by atoms with Crippen LogP contribution in [0.25, 0.3) is 0 Å². The van der Waals surface area contributed by atoms with Crippen molar-refractivity contribution >= 4 is 22.9 Å². The molecule has 2 aliphatic rings. The first-order valence-corrected chi connectivity index (χ1v) is 12.8. The molecule has 1 aliphatic carbocycles. The molecule has 0 unspecified atom stereocenters. The zero-order valence-electron chi connectivity index (χ0n) is 19.8. The molecule has 35 heavy (non-hydrogen) atoms. The number of nitrogens with one attached hydrogen (secondary N) is 2. The Morgan fingerprint density at radius 3 is 2.97 bits per heavy atom. The van der Waals surface area contributed by atoms with Gasteiger partial charge in [-0.25, -0.2) is 9.37 Å². The number of carbonyl (C=O) groups excluding carboxylic acids is 1. The lowest BCUT2D eigenvalue weighted by Gasteiger charge is -2.26. The molecule has 0 atom stereocenters. The molecule has 6 nitrogen and oxygen atoms in total. The second-order valence-corrected chi connectivity index (χ2v) is 9.61. The fourth-order valence-corrected chi connectivity index (χ4v) is 4.71. The molecule has 8 heteroatoms. The van der Waals surface area contributed by atoms with E-state index in [0.717, 1.165) is 67.6 Å². The average molecular weight is 495 g/mol. The standard InChI is InChI=1S/C27H31FN4O2S/c28-24-10-9-22(27(33)29-12-5-13-32-14-16-34-17-15-32)18-25(24)30-19-23-20-31-26(35-23)11-8-21-6-3-1-2-4-7-21/h1-4,6,9-10,18,20,30H,5,8,11-17,19H2,(H,29,33). The first kappa shape index (κ1) is 25.1. The lowest BCUT2D eigenvalue weighted by Crippen LogP contribution is -2.38. The van der Waals surface area contributed by atoms with Crippen molar-refractivity contribution in [2.75, 3.05) is 44.7 Å². The number of aryl methyl sites for hydroxylation is 1. The number of hydrogen-bond acceptors (Lipinski definition) is 6. The highest BCUT2D eigenvalue weighted by molar-refractivity contribution is 7.11. The molecule has 0 bridgehead atoms. The first-order valence-electron chi connectivity index (χ1n) is 12.0. The third-order valence-electron chi connectivity index (χ3n) is 5.82. The van der Waals surface area contributed by atoms with Gasteiger partial charge in [0.25, 0.3) is 5.91 Å². The molecule has 1 amide bonds. The average Bonchev–Trinajstić information content (AvgIpc) is 3.18. The van der Waals surface area contributed by atoms with Crippen molar-refractivity contribution in [1.82, 2.24) is 15.2 Å². The number of amides is 1. The summed E-state index contributed by atoms with van der Waals surface area (Å²) in [5, 5.41) is 7.09. The maximum absolute atomic E-state index is 14.4. The Balaban J connectivity index is 1.23. The molecule has 2 heterocycles. The highest BCUT2D eigenvalue weighted by Crippen LogP contribution is 2.21. The van der Waals surface area contributed by atoms with Gasteiger partial charge in [-0.15, -0.1) is 17.1 Å². The van der Waals surface area contributed by atoms with Gasteiger partial charge in [0, 0.05) is 42.7 Å². The minimum Gasteiger partial charge on any atom is -0.379 e. The molecular formula is C27H31FN4O2S. The Bertz CT molecular complexity index is 1130. The summed E-state index contributed by atoms with van der Waals surface area (Å²) in [7, 11) is 0. The van der Waals surface area contributed by atoms with E-state index in [1.165, 1.54) is 12.1 Å². The van der Waals surface area contributed by atoms with Crippen molar-refractivity contribution in [3.8, 4) is 0 Å². The van der Waals surface area contributed by atoms with E-state index in [2.05, 4.69) is 32.3 Å². The van der Waals surface area contributed by atoms with Crippen molar-refractivity contribution in [3.05, 3.63) is 87.3 Å². The van der Waals surface area contributed by atoms with E-state index in [0.29, 0.717) is 24.3 Å². The van der Waals surface area contributed by atoms with Gasteiger partial charge in [0.05, 0.1) is 30.5 Å². The Hall–Kier alpha value is -3.03. The largest absolute Gasteiger partial charge is 0.379 e. The number of thiazole rings is 1. The van der Waals surface area contributed by atoms with Crippen LogP contribution in [-0.2, 0) is 17.7 Å². The van der Waals surface area contributed by atoms with E-state index in [1.54, 1.807) is 17.4 Å². The van der Waals surface area contributed by atoms with Crippen LogP contribution in [-0.4, -0.2) is 55.2 Å². The molecule has 1 aliphatic heterocycles. The monoisotopic (exact) mass is 494 g/mol. The summed E-state index contributed by atoms with van der Waals surface area (Å²) < 4.78 is 19.7. The number of allylic oxidation sites excluding steroid dienone is 5. The van der Waals surface area contributed by atoms with Gasteiger partial charge in [-0.1, -0.05) is 24.3 Å². The summed E-state index contributed by atoms with van der Waals surface area (Å²) in [5.41, 5.74) is 5.15. The van der Waals surface area contributed by atoms with Gasteiger partial charge in [0.2, 0.25) is 0 Å². The molecule has 0 radical (unpaired) electrons. The van der Waals surface area contributed by atoms with E-state index >= 15 is 0 Å². The highest BCUT2D eigenvalue weighted by atomic mass is 32.1. The zero-order valence-corrected chi connectivity index (χ0v) is 20.6. The lowest BCUT2D eigenvalue weighted by atomic mass is 10.1. The molecule has 4 rings (SSSR count). The van der Waals surface area contributed by atoms with Crippen LogP contribution in [0, 0.1) is 5.82 Å². The number of carbonyl (C=O) groups is 1. The van der Waals surface area contributed by atoms with Crippen LogP contribution in [0.2, 0.25) is 0 Å². The maximum Gasteiger partial charge on any atom is 0.251 e. The van der Waals surface area contributed by atoms with Crippen LogP contribution in [0.5, 0.6) is 0 Å². The number of ether oxygens (including phenoxy) is 1. The van der Waals surface area contributed by atoms with Gasteiger partial charge >= 0.3 is 0 Å². The number of benzene rings is 1. The summed E-state index contributed by atoms with van der Waals surface area (Å²) in [6.07, 6.45) is 14.3. The molecule has 1 saturated heterocycles. The molecule has 2 aromatic rings. The molecular weight excluding hydrogens is 463 g/mol. The molecule has 2 N–H and O–H groups in total. The van der Waals surface area contributed by atoms with E-state index in [4.69, 9.17) is 4.74 Å². The summed E-state index contributed by atoms with van der Waals surface area (Å²) in [6.45, 7) is 5.38. The molecule has 0 spiro atoms. The van der Waals surface area contributed by atoms with Crippen LogP contribution in [0.1, 0.15) is 33.1 Å². The Kier molecular flexibility index (Phi) is 9.43. The third-order valence-corrected chi connectivity index (χ3v) is 6.87. The Labute approximate surface area is 209 Å². The van der Waals surface area contributed by atoms with Gasteiger partial charge in [-0.3, -0.25) is 9.69 Å². The third kappa shape index (κ3) is 8.01. The van der Waals surface area contributed by atoms with Crippen LogP contribution in [0.15, 0.2) is 66.1 Å². The minimum absolute atomic E-state index is 0.193. The smallest absolute Gasteiger partial charge is 0.251 e. The number of halogens is 1. The fourth-order valence-electron chi connectivity index (χ4n) is 3.85. The molecule has 184 valence electrons. The van der Waals surface area contributed by atoms with Crippen molar-refractivity contribution in [2.45, 2.75) is 25.8 Å². The summed E-state index contributed by atoms with van der Waals surface area (Å²) >= 11 is 1.61. The number of morpholine rings is 1. The SMILES string of the molecule is O=C(NCCCN1CCOCC1)c1ccc(F)c(NCc2cnc(CCC3=C=CC=CC=C3)s2)c1. The van der Waals surface area contributed by atoms with Crippen LogP contribution in [0.3, 0.4) is 0 Å². The van der Waals surface area contributed by atoms with Crippen molar-refractivity contribution in [3.63, 3.8) is 0 Å².